The molecule has 0 spiro atoms. The van der Waals surface area contributed by atoms with Crippen molar-refractivity contribution in [2.45, 2.75) is 63.7 Å². The Hall–Kier alpha value is -3.98. The van der Waals surface area contributed by atoms with E-state index in [0.717, 1.165) is 6.07 Å². The molecule has 15 heteroatoms. The summed E-state index contributed by atoms with van der Waals surface area (Å²) >= 11 is 0. The van der Waals surface area contributed by atoms with Gasteiger partial charge in [0.2, 0.25) is 11.8 Å². The summed E-state index contributed by atoms with van der Waals surface area (Å²) in [6, 6.07) is 0.977. The van der Waals surface area contributed by atoms with Crippen LogP contribution in [0, 0.1) is 25.5 Å². The van der Waals surface area contributed by atoms with E-state index in [-0.39, 0.29) is 60.0 Å². The van der Waals surface area contributed by atoms with Gasteiger partial charge in [-0.15, -0.1) is 13.2 Å². The number of halogens is 5. The van der Waals surface area contributed by atoms with E-state index >= 15 is 4.39 Å². The highest BCUT2D eigenvalue weighted by Gasteiger charge is 2.56. The highest BCUT2D eigenvalue weighted by molar-refractivity contribution is 6.02. The summed E-state index contributed by atoms with van der Waals surface area (Å²) in [7, 11) is 0. The van der Waals surface area contributed by atoms with Crippen molar-refractivity contribution in [3.05, 3.63) is 35.0 Å². The maximum absolute atomic E-state index is 16.6. The number of nitrogen functional groups attached to an aromatic ring is 1. The normalized spacial score (nSPS) is 24.4. The molecule has 2 bridgehead atoms. The fourth-order valence-electron chi connectivity index (χ4n) is 6.59. The second-order valence-corrected chi connectivity index (χ2v) is 11.2. The highest BCUT2D eigenvalue weighted by atomic mass is 19.4. The van der Waals surface area contributed by atoms with Crippen molar-refractivity contribution in [3.8, 4) is 22.9 Å². The lowest BCUT2D eigenvalue weighted by molar-refractivity contribution is -0.275. The molecule has 0 radical (unpaired) electrons. The maximum Gasteiger partial charge on any atom is 0.573 e. The standard InChI is InChI=1S/C28H29F5N6O4/c1-11-12(2)36-24-19-18(11)20(30)21(15-8-14(34)9-16(29)23(15)43-28(31,32)33)37-25(19)42-13(3)22-17-4-5-27(38-17,10-39(22)24)26(41)35-6-7-40/h8-9,13,17,22,38,40H,4-7,10,34H2,1-3H3,(H,35,41). The van der Waals surface area contributed by atoms with E-state index in [2.05, 4.69) is 20.4 Å². The SMILES string of the molecule is Cc1nc2c3c(nc(-c4cc(N)cc(F)c4OC(F)(F)F)c(F)c3c1C)OC(C)C1C3CCC(C(=O)NCCO)(CN21)N3. The number of alkyl halides is 3. The Morgan fingerprint density at radius 3 is 2.72 bits per heavy atom. The van der Waals surface area contributed by atoms with Gasteiger partial charge in [0.15, 0.2) is 17.4 Å². The lowest BCUT2D eigenvalue weighted by Crippen LogP contribution is -2.71. The molecule has 1 aromatic carbocycles. The topological polar surface area (TPSA) is 135 Å². The minimum atomic E-state index is -5.28. The van der Waals surface area contributed by atoms with Crippen molar-refractivity contribution in [2.75, 3.05) is 30.3 Å². The van der Waals surface area contributed by atoms with Gasteiger partial charge >= 0.3 is 6.36 Å². The molecule has 5 heterocycles. The third kappa shape index (κ3) is 4.65. The Morgan fingerprint density at radius 2 is 2.02 bits per heavy atom. The van der Waals surface area contributed by atoms with Gasteiger partial charge in [0.05, 0.1) is 23.6 Å². The molecule has 4 atom stereocenters. The molecule has 0 aliphatic carbocycles. The second kappa shape index (κ2) is 10.0. The average molecular weight is 609 g/mol. The average Bonchev–Trinajstić information content (AvgIpc) is 3.22. The first-order chi connectivity index (χ1) is 20.2. The summed E-state index contributed by atoms with van der Waals surface area (Å²) in [5.41, 5.74) is 3.98. The summed E-state index contributed by atoms with van der Waals surface area (Å²) in [4.78, 5) is 24.3. The van der Waals surface area contributed by atoms with Crippen molar-refractivity contribution in [3.63, 3.8) is 0 Å². The number of ether oxygens (including phenoxy) is 2. The van der Waals surface area contributed by atoms with Crippen LogP contribution in [0.3, 0.4) is 0 Å². The predicted octanol–water partition coefficient (Wildman–Crippen LogP) is 3.24. The molecular formula is C28H29F5N6O4. The van der Waals surface area contributed by atoms with Crippen LogP contribution in [0.25, 0.3) is 22.0 Å². The van der Waals surface area contributed by atoms with E-state index in [1.54, 1.807) is 20.8 Å². The summed E-state index contributed by atoms with van der Waals surface area (Å²) in [6.07, 6.45) is -4.78. The number of anilines is 2. The maximum atomic E-state index is 16.6. The number of benzene rings is 1. The number of aliphatic hydroxyl groups is 1. The van der Waals surface area contributed by atoms with E-state index in [9.17, 15) is 27.5 Å². The Kier molecular flexibility index (Phi) is 6.80. The van der Waals surface area contributed by atoms with Crippen molar-refractivity contribution in [1.82, 2.24) is 20.6 Å². The first-order valence-corrected chi connectivity index (χ1v) is 13.7. The second-order valence-electron chi connectivity index (χ2n) is 11.2. The van der Waals surface area contributed by atoms with Crippen LogP contribution in [0.4, 0.5) is 33.5 Å². The number of rotatable bonds is 5. The molecule has 3 aliphatic rings. The van der Waals surface area contributed by atoms with Crippen LogP contribution in [-0.4, -0.2) is 70.8 Å². The molecular weight excluding hydrogens is 579 g/mol. The van der Waals surface area contributed by atoms with Crippen molar-refractivity contribution < 1.29 is 41.3 Å². The predicted molar refractivity (Wildman–Crippen MR) is 146 cm³/mol. The third-order valence-electron chi connectivity index (χ3n) is 8.50. The van der Waals surface area contributed by atoms with E-state index in [0.29, 0.717) is 36.0 Å². The van der Waals surface area contributed by atoms with Crippen LogP contribution in [0.15, 0.2) is 12.1 Å². The number of amides is 1. The molecule has 230 valence electrons. The number of nitrogens with one attached hydrogen (secondary N) is 2. The number of aromatic nitrogens is 2. The van der Waals surface area contributed by atoms with Crippen LogP contribution in [0.5, 0.6) is 11.6 Å². The number of aliphatic hydroxyl groups excluding tert-OH is 1. The lowest BCUT2D eigenvalue weighted by atomic mass is 9.93. The van der Waals surface area contributed by atoms with E-state index < -0.39 is 46.6 Å². The van der Waals surface area contributed by atoms with Crippen LogP contribution < -0.4 is 30.7 Å². The fraction of sp³-hybridized carbons (Fsp3) is 0.464. The van der Waals surface area contributed by atoms with Crippen LogP contribution in [-0.2, 0) is 4.79 Å². The molecule has 4 unspecified atom stereocenters. The number of hydrogen-bond acceptors (Lipinski definition) is 9. The molecule has 3 aromatic rings. The number of nitrogens with zero attached hydrogens (tertiary/aromatic N) is 3. The zero-order valence-electron chi connectivity index (χ0n) is 23.4. The summed E-state index contributed by atoms with van der Waals surface area (Å²) < 4.78 is 81.5. The number of aryl methyl sites for hydroxylation is 2. The molecule has 43 heavy (non-hydrogen) atoms. The molecule has 1 amide bonds. The van der Waals surface area contributed by atoms with E-state index in [4.69, 9.17) is 15.5 Å². The van der Waals surface area contributed by atoms with Gasteiger partial charge in [-0.1, -0.05) is 0 Å². The molecule has 0 saturated carbocycles. The molecule has 2 aromatic heterocycles. The van der Waals surface area contributed by atoms with Crippen LogP contribution in [0.1, 0.15) is 31.0 Å². The smallest absolute Gasteiger partial charge is 0.472 e. The van der Waals surface area contributed by atoms with Crippen LogP contribution >= 0.6 is 0 Å². The number of nitrogens with two attached hydrogens (primary N) is 1. The van der Waals surface area contributed by atoms with Gasteiger partial charge in [-0.2, -0.15) is 0 Å². The summed E-state index contributed by atoms with van der Waals surface area (Å²) in [5.74, 6) is -3.86. The van der Waals surface area contributed by atoms with Crippen molar-refractivity contribution >= 4 is 28.2 Å². The first-order valence-electron chi connectivity index (χ1n) is 13.7. The third-order valence-corrected chi connectivity index (χ3v) is 8.50. The van der Waals surface area contributed by atoms with Crippen LogP contribution in [0.2, 0.25) is 0 Å². The number of carbonyl (C=O) groups excluding carboxylic acids is 1. The minimum Gasteiger partial charge on any atom is -0.472 e. The molecule has 10 nitrogen and oxygen atoms in total. The number of piperazine rings is 1. The lowest BCUT2D eigenvalue weighted by Gasteiger charge is -2.47. The van der Waals surface area contributed by atoms with Gasteiger partial charge in [0.25, 0.3) is 0 Å². The first kappa shape index (κ1) is 29.1. The molecule has 2 fully saturated rings. The van der Waals surface area contributed by atoms with Gasteiger partial charge in [-0.3, -0.25) is 10.1 Å². The van der Waals surface area contributed by atoms with Gasteiger partial charge in [-0.25, -0.2) is 18.7 Å². The van der Waals surface area contributed by atoms with E-state index in [1.165, 1.54) is 0 Å². The molecule has 5 N–H and O–H groups in total. The van der Waals surface area contributed by atoms with E-state index in [1.807, 2.05) is 4.90 Å². The summed E-state index contributed by atoms with van der Waals surface area (Å²) in [6.45, 7) is 5.03. The minimum absolute atomic E-state index is 0.0270. The Morgan fingerprint density at radius 1 is 1.28 bits per heavy atom. The number of pyridine rings is 2. The van der Waals surface area contributed by atoms with Gasteiger partial charge in [-0.05, 0) is 45.2 Å². The monoisotopic (exact) mass is 608 g/mol. The van der Waals surface area contributed by atoms with Gasteiger partial charge in [0.1, 0.15) is 23.2 Å². The van der Waals surface area contributed by atoms with Gasteiger partial charge < -0.3 is 30.5 Å². The Labute approximate surface area is 242 Å². The molecule has 6 rings (SSSR count). The van der Waals surface area contributed by atoms with Gasteiger partial charge in [0, 0.05) is 42.0 Å². The molecule has 3 aliphatic heterocycles. The Balaban J connectivity index is 1.59. The zero-order chi connectivity index (χ0) is 31.0. The van der Waals surface area contributed by atoms with Crippen molar-refractivity contribution in [2.24, 2.45) is 0 Å². The quantitative estimate of drug-likeness (QED) is 0.254. The molecule has 2 saturated heterocycles. The number of fused-ring (bicyclic) bond motifs is 5. The summed E-state index contributed by atoms with van der Waals surface area (Å²) in [5, 5.41) is 15.5. The number of hydrogen-bond donors (Lipinski definition) is 4. The van der Waals surface area contributed by atoms with Crippen molar-refractivity contribution in [1.29, 1.82) is 0 Å². The Bertz CT molecular complexity index is 1650. The fourth-order valence-corrected chi connectivity index (χ4v) is 6.59. The largest absolute Gasteiger partial charge is 0.573 e. The highest BCUT2D eigenvalue weighted by Crippen LogP contribution is 2.48. The number of carbonyl (C=O) groups is 1. The zero-order valence-corrected chi connectivity index (χ0v) is 23.4.